The predicted octanol–water partition coefficient (Wildman–Crippen LogP) is 1.78. The van der Waals surface area contributed by atoms with Crippen molar-refractivity contribution < 1.29 is 0 Å². The van der Waals surface area contributed by atoms with Crippen molar-refractivity contribution in [2.45, 2.75) is 25.8 Å². The fourth-order valence-corrected chi connectivity index (χ4v) is 2.24. The molecule has 13 heavy (non-hydrogen) atoms. The number of fused-ring (bicyclic) bond motifs is 1. The molecule has 2 rings (SSSR count). The van der Waals surface area contributed by atoms with Crippen molar-refractivity contribution in [2.75, 3.05) is 12.8 Å². The van der Waals surface area contributed by atoms with Crippen molar-refractivity contribution in [3.05, 3.63) is 28.8 Å². The molecule has 3 N–H and O–H groups in total. The first-order chi connectivity index (χ1) is 6.24. The minimum atomic E-state index is 0.512. The first-order valence-electron chi connectivity index (χ1n) is 4.79. The number of aryl methyl sites for hydroxylation is 1. The van der Waals surface area contributed by atoms with E-state index in [1.54, 1.807) is 0 Å². The number of hydrogen-bond acceptors (Lipinski definition) is 2. The van der Waals surface area contributed by atoms with Gasteiger partial charge in [0.25, 0.3) is 0 Å². The van der Waals surface area contributed by atoms with Gasteiger partial charge in [-0.05, 0) is 49.6 Å². The fourth-order valence-electron chi connectivity index (χ4n) is 2.24. The summed E-state index contributed by atoms with van der Waals surface area (Å²) in [5.41, 5.74) is 11.0. The molecule has 0 saturated heterocycles. The number of nitrogens with one attached hydrogen (secondary N) is 1. The molecule has 1 unspecified atom stereocenters. The molecule has 1 aromatic carbocycles. The van der Waals surface area contributed by atoms with Crippen molar-refractivity contribution in [2.24, 2.45) is 0 Å². The summed E-state index contributed by atoms with van der Waals surface area (Å²) in [6, 6.07) is 4.69. The highest BCUT2D eigenvalue weighted by Gasteiger charge is 2.23. The lowest BCUT2D eigenvalue weighted by Crippen LogP contribution is -2.14. The van der Waals surface area contributed by atoms with Gasteiger partial charge in [0.1, 0.15) is 0 Å². The summed E-state index contributed by atoms with van der Waals surface area (Å²) in [7, 11) is 2.02. The Kier molecular flexibility index (Phi) is 2.00. The van der Waals surface area contributed by atoms with E-state index in [-0.39, 0.29) is 0 Å². The van der Waals surface area contributed by atoms with Gasteiger partial charge in [0.2, 0.25) is 0 Å². The summed E-state index contributed by atoms with van der Waals surface area (Å²) < 4.78 is 0. The smallest absolute Gasteiger partial charge is 0.0347 e. The number of nitrogens with two attached hydrogens (primary N) is 1. The third-order valence-electron chi connectivity index (χ3n) is 3.05. The largest absolute Gasteiger partial charge is 0.399 e. The summed E-state index contributed by atoms with van der Waals surface area (Å²) in [6.07, 6.45) is 2.39. The lowest BCUT2D eigenvalue weighted by atomic mass is 10.0. The quantitative estimate of drug-likeness (QED) is 0.640. The molecule has 0 fully saturated rings. The van der Waals surface area contributed by atoms with Crippen LogP contribution in [0.1, 0.15) is 29.2 Å². The van der Waals surface area contributed by atoms with E-state index in [9.17, 15) is 0 Å². The number of anilines is 1. The van der Waals surface area contributed by atoms with Gasteiger partial charge in [-0.1, -0.05) is 6.07 Å². The molecule has 0 saturated carbocycles. The summed E-state index contributed by atoms with van der Waals surface area (Å²) in [5, 5.41) is 3.33. The highest BCUT2D eigenvalue weighted by atomic mass is 14.9. The lowest BCUT2D eigenvalue weighted by Gasteiger charge is -2.14. The zero-order chi connectivity index (χ0) is 9.42. The van der Waals surface area contributed by atoms with Crippen LogP contribution in [0.2, 0.25) is 0 Å². The Morgan fingerprint density at radius 1 is 1.46 bits per heavy atom. The Bertz CT molecular complexity index is 331. The number of nitrogen functional groups attached to an aromatic ring is 1. The maximum Gasteiger partial charge on any atom is 0.0347 e. The van der Waals surface area contributed by atoms with Gasteiger partial charge in [-0.15, -0.1) is 0 Å². The molecule has 1 aliphatic carbocycles. The molecule has 70 valence electrons. The van der Waals surface area contributed by atoms with E-state index < -0.39 is 0 Å². The molecule has 0 aromatic heterocycles. The molecule has 2 nitrogen and oxygen atoms in total. The second-order valence-electron chi connectivity index (χ2n) is 3.73. The van der Waals surface area contributed by atoms with Crippen molar-refractivity contribution in [3.63, 3.8) is 0 Å². The van der Waals surface area contributed by atoms with Gasteiger partial charge in [-0.2, -0.15) is 0 Å². The SMILES string of the molecule is CNC1CCc2ccc(N)c(C)c21. The van der Waals surface area contributed by atoms with Crippen LogP contribution in [0.25, 0.3) is 0 Å². The van der Waals surface area contributed by atoms with Crippen LogP contribution in [0.3, 0.4) is 0 Å². The van der Waals surface area contributed by atoms with Gasteiger partial charge in [-0.3, -0.25) is 0 Å². The van der Waals surface area contributed by atoms with Gasteiger partial charge in [-0.25, -0.2) is 0 Å². The minimum Gasteiger partial charge on any atom is -0.399 e. The molecule has 0 aliphatic heterocycles. The maximum absolute atomic E-state index is 5.88. The van der Waals surface area contributed by atoms with E-state index in [0.717, 1.165) is 5.69 Å². The van der Waals surface area contributed by atoms with Gasteiger partial charge >= 0.3 is 0 Å². The Balaban J connectivity index is 2.54. The molecule has 0 spiro atoms. The summed E-state index contributed by atoms with van der Waals surface area (Å²) in [5.74, 6) is 0. The molecule has 1 atom stereocenters. The van der Waals surface area contributed by atoms with Crippen LogP contribution < -0.4 is 11.1 Å². The normalized spacial score (nSPS) is 20.3. The van der Waals surface area contributed by atoms with Crippen LogP contribution in [-0.4, -0.2) is 7.05 Å². The molecular formula is C11H16N2. The fraction of sp³-hybridized carbons (Fsp3) is 0.455. The van der Waals surface area contributed by atoms with E-state index in [4.69, 9.17) is 5.73 Å². The second-order valence-corrected chi connectivity index (χ2v) is 3.73. The average molecular weight is 176 g/mol. The van der Waals surface area contributed by atoms with Crippen molar-refractivity contribution in [3.8, 4) is 0 Å². The Morgan fingerprint density at radius 2 is 2.23 bits per heavy atom. The molecule has 2 heteroatoms. The Morgan fingerprint density at radius 3 is 2.92 bits per heavy atom. The van der Waals surface area contributed by atoms with Crippen LogP contribution >= 0.6 is 0 Å². The summed E-state index contributed by atoms with van der Waals surface area (Å²) >= 11 is 0. The molecule has 0 heterocycles. The number of rotatable bonds is 1. The number of benzene rings is 1. The molecule has 0 amide bonds. The molecule has 0 radical (unpaired) electrons. The third-order valence-corrected chi connectivity index (χ3v) is 3.05. The van der Waals surface area contributed by atoms with E-state index in [1.165, 1.54) is 29.5 Å². The van der Waals surface area contributed by atoms with Crippen LogP contribution in [0.4, 0.5) is 5.69 Å². The average Bonchev–Trinajstić information content (AvgIpc) is 2.55. The van der Waals surface area contributed by atoms with Gasteiger partial charge < -0.3 is 11.1 Å². The number of hydrogen-bond donors (Lipinski definition) is 2. The Hall–Kier alpha value is -1.02. The van der Waals surface area contributed by atoms with E-state index >= 15 is 0 Å². The van der Waals surface area contributed by atoms with Gasteiger partial charge in [0.05, 0.1) is 0 Å². The highest BCUT2D eigenvalue weighted by Crippen LogP contribution is 2.35. The predicted molar refractivity (Wildman–Crippen MR) is 55.7 cm³/mol. The van der Waals surface area contributed by atoms with Crippen molar-refractivity contribution in [1.82, 2.24) is 5.32 Å². The summed E-state index contributed by atoms with van der Waals surface area (Å²) in [4.78, 5) is 0. The topological polar surface area (TPSA) is 38.0 Å². The van der Waals surface area contributed by atoms with Gasteiger partial charge in [0, 0.05) is 11.7 Å². The van der Waals surface area contributed by atoms with Crippen LogP contribution in [0.15, 0.2) is 12.1 Å². The Labute approximate surface area is 79.1 Å². The zero-order valence-corrected chi connectivity index (χ0v) is 8.22. The van der Waals surface area contributed by atoms with Gasteiger partial charge in [0.15, 0.2) is 0 Å². The van der Waals surface area contributed by atoms with Crippen LogP contribution in [-0.2, 0) is 6.42 Å². The van der Waals surface area contributed by atoms with Crippen LogP contribution in [0.5, 0.6) is 0 Å². The minimum absolute atomic E-state index is 0.512. The monoisotopic (exact) mass is 176 g/mol. The van der Waals surface area contributed by atoms with Crippen molar-refractivity contribution >= 4 is 5.69 Å². The van der Waals surface area contributed by atoms with E-state index in [1.807, 2.05) is 13.1 Å². The summed E-state index contributed by atoms with van der Waals surface area (Å²) in [6.45, 7) is 2.11. The standard InChI is InChI=1S/C11H16N2/c1-7-9(12)5-3-8-4-6-10(13-2)11(7)8/h3,5,10,13H,4,6,12H2,1-2H3. The third kappa shape index (κ3) is 1.22. The molecule has 1 aliphatic rings. The zero-order valence-electron chi connectivity index (χ0n) is 8.22. The highest BCUT2D eigenvalue weighted by molar-refractivity contribution is 5.55. The lowest BCUT2D eigenvalue weighted by molar-refractivity contribution is 0.588. The second kappa shape index (κ2) is 3.04. The molecule has 1 aromatic rings. The maximum atomic E-state index is 5.88. The molecule has 0 bridgehead atoms. The first-order valence-corrected chi connectivity index (χ1v) is 4.79. The van der Waals surface area contributed by atoms with E-state index in [0.29, 0.717) is 6.04 Å². The van der Waals surface area contributed by atoms with E-state index in [2.05, 4.69) is 18.3 Å². The van der Waals surface area contributed by atoms with Crippen LogP contribution in [0, 0.1) is 6.92 Å². The van der Waals surface area contributed by atoms with Crippen molar-refractivity contribution in [1.29, 1.82) is 0 Å². The molecular weight excluding hydrogens is 160 g/mol. The first kappa shape index (κ1) is 8.57.